The number of aryl methyl sites for hydroxylation is 1. The van der Waals surface area contributed by atoms with Crippen molar-refractivity contribution in [1.82, 2.24) is 10.3 Å². The van der Waals surface area contributed by atoms with E-state index in [1.807, 2.05) is 25.1 Å². The third kappa shape index (κ3) is 3.98. The van der Waals surface area contributed by atoms with Crippen LogP contribution in [0.25, 0.3) is 22.6 Å². The summed E-state index contributed by atoms with van der Waals surface area (Å²) in [5.74, 6) is 1.18. The Hall–Kier alpha value is -3.62. The average molecular weight is 466 g/mol. The molecule has 1 aromatic heterocycles. The fraction of sp³-hybridized carbons (Fsp3) is 0.0870. The minimum Gasteiger partial charge on any atom is -0.454 e. The molecule has 9 heteroatoms. The van der Waals surface area contributed by atoms with Crippen LogP contribution in [0.15, 0.2) is 59.0 Å². The Morgan fingerprint density at radius 3 is 2.78 bits per heavy atom. The van der Waals surface area contributed by atoms with E-state index in [2.05, 4.69) is 15.6 Å². The maximum absolute atomic E-state index is 12.6. The van der Waals surface area contributed by atoms with Crippen molar-refractivity contribution in [2.45, 2.75) is 6.92 Å². The molecule has 32 heavy (non-hydrogen) atoms. The van der Waals surface area contributed by atoms with Crippen LogP contribution in [0.3, 0.4) is 0 Å². The lowest BCUT2D eigenvalue weighted by Gasteiger charge is -2.12. The summed E-state index contributed by atoms with van der Waals surface area (Å²) in [6.45, 7) is 2.12. The number of benzene rings is 3. The Kier molecular flexibility index (Phi) is 5.16. The zero-order valence-corrected chi connectivity index (χ0v) is 18.3. The number of amides is 1. The smallest absolute Gasteiger partial charge is 0.257 e. The number of nitrogens with zero attached hydrogens (tertiary/aromatic N) is 1. The molecule has 0 unspecified atom stereocenters. The second kappa shape index (κ2) is 8.14. The van der Waals surface area contributed by atoms with Crippen molar-refractivity contribution in [1.29, 1.82) is 0 Å². The third-order valence-electron chi connectivity index (χ3n) is 4.87. The van der Waals surface area contributed by atoms with Gasteiger partial charge in [0, 0.05) is 11.1 Å². The van der Waals surface area contributed by atoms with Gasteiger partial charge in [-0.1, -0.05) is 17.7 Å². The van der Waals surface area contributed by atoms with E-state index in [0.717, 1.165) is 16.6 Å². The number of ether oxygens (including phenoxy) is 2. The highest BCUT2D eigenvalue weighted by atomic mass is 35.5. The van der Waals surface area contributed by atoms with E-state index in [9.17, 15) is 4.79 Å². The van der Waals surface area contributed by atoms with Gasteiger partial charge in [-0.05, 0) is 73.2 Å². The van der Waals surface area contributed by atoms with Gasteiger partial charge in [0.05, 0.1) is 10.7 Å². The van der Waals surface area contributed by atoms with Crippen LogP contribution in [0.1, 0.15) is 15.9 Å². The Morgan fingerprint density at radius 1 is 1.06 bits per heavy atom. The monoisotopic (exact) mass is 465 g/mol. The number of halogens is 1. The first kappa shape index (κ1) is 20.3. The summed E-state index contributed by atoms with van der Waals surface area (Å²) < 4.78 is 16.5. The second-order valence-corrected chi connectivity index (χ2v) is 7.98. The van der Waals surface area contributed by atoms with Crippen LogP contribution in [0.5, 0.6) is 11.5 Å². The van der Waals surface area contributed by atoms with Gasteiger partial charge >= 0.3 is 0 Å². The Morgan fingerprint density at radius 2 is 1.91 bits per heavy atom. The van der Waals surface area contributed by atoms with Gasteiger partial charge in [-0.25, -0.2) is 4.98 Å². The van der Waals surface area contributed by atoms with Gasteiger partial charge in [0.2, 0.25) is 12.7 Å². The van der Waals surface area contributed by atoms with Crippen LogP contribution in [0, 0.1) is 6.92 Å². The highest BCUT2D eigenvalue weighted by Crippen LogP contribution is 2.33. The van der Waals surface area contributed by atoms with Crippen LogP contribution in [0.4, 0.5) is 5.69 Å². The lowest BCUT2D eigenvalue weighted by molar-refractivity contribution is 0.0977. The van der Waals surface area contributed by atoms with Gasteiger partial charge in [0.1, 0.15) is 5.52 Å². The molecule has 1 amide bonds. The molecule has 0 radical (unpaired) electrons. The minimum atomic E-state index is -0.387. The van der Waals surface area contributed by atoms with E-state index in [4.69, 9.17) is 37.7 Å². The molecule has 0 bridgehead atoms. The van der Waals surface area contributed by atoms with Gasteiger partial charge < -0.3 is 19.2 Å². The van der Waals surface area contributed by atoms with Gasteiger partial charge in [0.25, 0.3) is 5.91 Å². The van der Waals surface area contributed by atoms with Crippen LogP contribution in [0.2, 0.25) is 5.02 Å². The van der Waals surface area contributed by atoms with E-state index < -0.39 is 0 Å². The van der Waals surface area contributed by atoms with E-state index in [1.54, 1.807) is 36.4 Å². The van der Waals surface area contributed by atoms with Crippen LogP contribution in [-0.4, -0.2) is 22.8 Å². The number of carbonyl (C=O) groups excluding carboxylic acids is 1. The molecule has 7 nitrogen and oxygen atoms in total. The second-order valence-electron chi connectivity index (χ2n) is 7.16. The van der Waals surface area contributed by atoms with E-state index in [-0.39, 0.29) is 17.8 Å². The maximum atomic E-state index is 12.6. The molecular weight excluding hydrogens is 450 g/mol. The molecule has 160 valence electrons. The molecule has 5 rings (SSSR count). The lowest BCUT2D eigenvalue weighted by Crippen LogP contribution is -2.34. The Labute approximate surface area is 193 Å². The standard InChI is InChI=1S/C23H16ClN3O4S/c1-12-2-6-16-19(8-12)31-22(25-16)14-3-5-15(24)17(9-14)26-23(32)27-21(28)13-4-7-18-20(10-13)30-11-29-18/h2-10H,11H2,1H3,(H2,26,27,28,32). The number of nitrogens with one attached hydrogen (secondary N) is 2. The Balaban J connectivity index is 1.33. The average Bonchev–Trinajstić information content (AvgIpc) is 3.41. The predicted octanol–water partition coefficient (Wildman–Crippen LogP) is 5.31. The first-order valence-corrected chi connectivity index (χ1v) is 10.4. The highest BCUT2D eigenvalue weighted by Gasteiger charge is 2.17. The number of anilines is 1. The highest BCUT2D eigenvalue weighted by molar-refractivity contribution is 7.80. The molecular formula is C23H16ClN3O4S. The van der Waals surface area contributed by atoms with E-state index >= 15 is 0 Å². The van der Waals surface area contributed by atoms with Crippen LogP contribution >= 0.6 is 23.8 Å². The number of oxazole rings is 1. The molecule has 0 saturated carbocycles. The molecule has 0 aliphatic carbocycles. The number of hydrogen-bond acceptors (Lipinski definition) is 6. The molecule has 4 aromatic rings. The topological polar surface area (TPSA) is 85.6 Å². The zero-order chi connectivity index (χ0) is 22.2. The number of carbonyl (C=O) groups is 1. The van der Waals surface area contributed by atoms with Crippen LogP contribution in [-0.2, 0) is 0 Å². The molecule has 2 N–H and O–H groups in total. The molecule has 1 aliphatic heterocycles. The molecule has 0 saturated heterocycles. The summed E-state index contributed by atoms with van der Waals surface area (Å²) in [5, 5.41) is 6.12. The van der Waals surface area contributed by atoms with Crippen molar-refractivity contribution in [3.63, 3.8) is 0 Å². The summed E-state index contributed by atoms with van der Waals surface area (Å²) in [5.41, 5.74) is 4.18. The van der Waals surface area contributed by atoms with Crippen molar-refractivity contribution in [3.8, 4) is 23.0 Å². The SMILES string of the molecule is Cc1ccc2nc(-c3ccc(Cl)c(NC(=S)NC(=O)c4ccc5c(c4)OCO5)c3)oc2c1. The lowest BCUT2D eigenvalue weighted by atomic mass is 10.2. The molecule has 2 heterocycles. The van der Waals surface area contributed by atoms with Gasteiger partial charge in [-0.15, -0.1) is 0 Å². The summed E-state index contributed by atoms with van der Waals surface area (Å²) in [4.78, 5) is 17.1. The van der Waals surface area contributed by atoms with Crippen molar-refractivity contribution >= 4 is 51.6 Å². The Bertz CT molecular complexity index is 1390. The largest absolute Gasteiger partial charge is 0.454 e. The first-order chi connectivity index (χ1) is 15.5. The van der Waals surface area contributed by atoms with E-state index in [0.29, 0.717) is 39.2 Å². The molecule has 0 atom stereocenters. The quantitative estimate of drug-likeness (QED) is 0.396. The van der Waals surface area contributed by atoms with Gasteiger partial charge in [-0.3, -0.25) is 10.1 Å². The van der Waals surface area contributed by atoms with Crippen molar-refractivity contribution in [3.05, 3.63) is 70.7 Å². The van der Waals surface area contributed by atoms with Gasteiger partial charge in [-0.2, -0.15) is 0 Å². The van der Waals surface area contributed by atoms with Crippen LogP contribution < -0.4 is 20.1 Å². The number of thiocarbonyl (C=S) groups is 1. The number of rotatable bonds is 3. The summed E-state index contributed by atoms with van der Waals surface area (Å²) >= 11 is 11.6. The first-order valence-electron chi connectivity index (χ1n) is 9.65. The predicted molar refractivity (Wildman–Crippen MR) is 125 cm³/mol. The molecule has 1 aliphatic rings. The summed E-state index contributed by atoms with van der Waals surface area (Å²) in [6, 6.07) is 16.0. The minimum absolute atomic E-state index is 0.0971. The van der Waals surface area contributed by atoms with Gasteiger partial charge in [0.15, 0.2) is 22.2 Å². The van der Waals surface area contributed by atoms with Crippen molar-refractivity contribution < 1.29 is 18.7 Å². The number of aromatic nitrogens is 1. The third-order valence-corrected chi connectivity index (χ3v) is 5.40. The fourth-order valence-electron chi connectivity index (χ4n) is 3.28. The fourth-order valence-corrected chi connectivity index (χ4v) is 3.64. The number of fused-ring (bicyclic) bond motifs is 2. The molecule has 0 spiro atoms. The molecule has 3 aromatic carbocycles. The summed E-state index contributed by atoms with van der Waals surface area (Å²) in [7, 11) is 0. The maximum Gasteiger partial charge on any atom is 0.257 e. The van der Waals surface area contributed by atoms with Crippen molar-refractivity contribution in [2.75, 3.05) is 12.1 Å². The summed E-state index contributed by atoms with van der Waals surface area (Å²) in [6.07, 6.45) is 0. The number of hydrogen-bond donors (Lipinski definition) is 2. The van der Waals surface area contributed by atoms with E-state index in [1.165, 1.54) is 0 Å². The normalized spacial score (nSPS) is 12.1. The molecule has 0 fully saturated rings. The van der Waals surface area contributed by atoms with Crippen molar-refractivity contribution in [2.24, 2.45) is 0 Å². The zero-order valence-electron chi connectivity index (χ0n) is 16.8.